The second kappa shape index (κ2) is 7.50. The number of sulfonamides is 1. The first-order valence-electron chi connectivity index (χ1n) is 7.82. The predicted octanol–water partition coefficient (Wildman–Crippen LogP) is 2.98. The largest absolute Gasteiger partial charge is 0.322 e. The maximum absolute atomic E-state index is 13.3. The van der Waals surface area contributed by atoms with E-state index in [0.717, 1.165) is 6.07 Å². The van der Waals surface area contributed by atoms with Crippen molar-refractivity contribution < 1.29 is 17.6 Å². The zero-order valence-electron chi connectivity index (χ0n) is 14.2. The standard InChI is InChI=1S/C18H15FN4O3S/c1-12-3-4-13(19)11-16(12)17(24)22-14-5-7-15(8-6-14)27(25,26)23-18-20-9-2-10-21-18/h2-11H,1H3,(H,22,24)(H,20,21,23). The molecule has 2 N–H and O–H groups in total. The summed E-state index contributed by atoms with van der Waals surface area (Å²) >= 11 is 0. The summed E-state index contributed by atoms with van der Waals surface area (Å²) in [6.07, 6.45) is 2.83. The van der Waals surface area contributed by atoms with Crippen LogP contribution < -0.4 is 10.0 Å². The third kappa shape index (κ3) is 4.45. The molecule has 2 aromatic carbocycles. The van der Waals surface area contributed by atoms with Gasteiger partial charge in [0.05, 0.1) is 4.90 Å². The van der Waals surface area contributed by atoms with E-state index in [1.807, 2.05) is 0 Å². The van der Waals surface area contributed by atoms with Gasteiger partial charge in [-0.3, -0.25) is 4.79 Å². The number of nitrogens with zero attached hydrogens (tertiary/aromatic N) is 2. The van der Waals surface area contributed by atoms with Gasteiger partial charge in [-0.05, 0) is 55.0 Å². The minimum Gasteiger partial charge on any atom is -0.322 e. The van der Waals surface area contributed by atoms with E-state index in [9.17, 15) is 17.6 Å². The van der Waals surface area contributed by atoms with Crippen molar-refractivity contribution in [3.63, 3.8) is 0 Å². The number of carbonyl (C=O) groups is 1. The van der Waals surface area contributed by atoms with Crippen molar-refractivity contribution in [2.75, 3.05) is 10.0 Å². The topological polar surface area (TPSA) is 101 Å². The van der Waals surface area contributed by atoms with Crippen LogP contribution in [0.25, 0.3) is 0 Å². The van der Waals surface area contributed by atoms with Gasteiger partial charge >= 0.3 is 0 Å². The summed E-state index contributed by atoms with van der Waals surface area (Å²) in [4.78, 5) is 19.9. The highest BCUT2D eigenvalue weighted by Crippen LogP contribution is 2.18. The number of nitrogens with one attached hydrogen (secondary N) is 2. The number of hydrogen-bond acceptors (Lipinski definition) is 5. The fourth-order valence-corrected chi connectivity index (χ4v) is 3.24. The maximum atomic E-state index is 13.3. The average molecular weight is 386 g/mol. The molecule has 0 aliphatic heterocycles. The Morgan fingerprint density at radius 2 is 1.70 bits per heavy atom. The molecule has 1 amide bonds. The fourth-order valence-electron chi connectivity index (χ4n) is 2.29. The number of halogens is 1. The Balaban J connectivity index is 1.75. The summed E-state index contributed by atoms with van der Waals surface area (Å²) in [5.74, 6) is -1.05. The lowest BCUT2D eigenvalue weighted by atomic mass is 10.1. The molecule has 138 valence electrons. The first-order valence-corrected chi connectivity index (χ1v) is 9.31. The van der Waals surface area contributed by atoms with Crippen molar-refractivity contribution in [1.82, 2.24) is 9.97 Å². The predicted molar refractivity (Wildman–Crippen MR) is 98.4 cm³/mol. The highest BCUT2D eigenvalue weighted by molar-refractivity contribution is 7.92. The van der Waals surface area contributed by atoms with Gasteiger partial charge in [-0.15, -0.1) is 0 Å². The summed E-state index contributed by atoms with van der Waals surface area (Å²) in [7, 11) is -3.86. The van der Waals surface area contributed by atoms with Crippen LogP contribution in [-0.2, 0) is 10.0 Å². The molecule has 0 saturated heterocycles. The molecule has 0 aliphatic rings. The molecule has 27 heavy (non-hydrogen) atoms. The quantitative estimate of drug-likeness (QED) is 0.702. The molecule has 0 unspecified atom stereocenters. The first kappa shape index (κ1) is 18.5. The van der Waals surface area contributed by atoms with Crippen molar-refractivity contribution in [2.24, 2.45) is 0 Å². The molecule has 0 aliphatic carbocycles. The highest BCUT2D eigenvalue weighted by atomic mass is 32.2. The van der Waals surface area contributed by atoms with Crippen molar-refractivity contribution in [2.45, 2.75) is 11.8 Å². The van der Waals surface area contributed by atoms with Gasteiger partial charge in [-0.25, -0.2) is 27.5 Å². The molecule has 9 heteroatoms. The van der Waals surface area contributed by atoms with E-state index in [4.69, 9.17) is 0 Å². The number of aryl methyl sites for hydroxylation is 1. The van der Waals surface area contributed by atoms with Crippen molar-refractivity contribution >= 4 is 27.6 Å². The Bertz CT molecular complexity index is 1070. The Morgan fingerprint density at radius 3 is 2.37 bits per heavy atom. The van der Waals surface area contributed by atoms with Crippen LogP contribution in [0.1, 0.15) is 15.9 Å². The number of carbonyl (C=O) groups excluding carboxylic acids is 1. The molecule has 1 heterocycles. The van der Waals surface area contributed by atoms with Gasteiger partial charge in [0.2, 0.25) is 5.95 Å². The summed E-state index contributed by atoms with van der Waals surface area (Å²) in [5, 5.41) is 2.61. The summed E-state index contributed by atoms with van der Waals surface area (Å²) < 4.78 is 40.2. The second-order valence-corrected chi connectivity index (χ2v) is 7.30. The fraction of sp³-hybridized carbons (Fsp3) is 0.0556. The van der Waals surface area contributed by atoms with Crippen molar-refractivity contribution in [1.29, 1.82) is 0 Å². The molecule has 1 aromatic heterocycles. The number of hydrogen-bond donors (Lipinski definition) is 2. The number of benzene rings is 2. The normalized spacial score (nSPS) is 11.0. The van der Waals surface area contributed by atoms with Gasteiger partial charge in [0, 0.05) is 23.6 Å². The minimum absolute atomic E-state index is 0.0186. The van der Waals surface area contributed by atoms with E-state index in [1.54, 1.807) is 13.0 Å². The smallest absolute Gasteiger partial charge is 0.264 e. The number of aromatic nitrogens is 2. The van der Waals surface area contributed by atoms with E-state index >= 15 is 0 Å². The van der Waals surface area contributed by atoms with Crippen LogP contribution in [0.15, 0.2) is 65.8 Å². The third-order valence-electron chi connectivity index (χ3n) is 3.66. The van der Waals surface area contributed by atoms with Crippen molar-refractivity contribution in [3.05, 3.63) is 77.9 Å². The summed E-state index contributed by atoms with van der Waals surface area (Å²) in [5.41, 5.74) is 1.20. The van der Waals surface area contributed by atoms with Crippen LogP contribution in [0.2, 0.25) is 0 Å². The Hall–Kier alpha value is -3.33. The molecule has 0 spiro atoms. The third-order valence-corrected chi connectivity index (χ3v) is 5.00. The molecule has 0 radical (unpaired) electrons. The molecule has 0 bridgehead atoms. The molecule has 3 rings (SSSR count). The Morgan fingerprint density at radius 1 is 1.04 bits per heavy atom. The van der Waals surface area contributed by atoms with Gasteiger partial charge in [0.15, 0.2) is 0 Å². The first-order chi connectivity index (χ1) is 12.8. The lowest BCUT2D eigenvalue weighted by molar-refractivity contribution is 0.102. The summed E-state index contributed by atoms with van der Waals surface area (Å²) in [6, 6.07) is 11.0. The van der Waals surface area contributed by atoms with Crippen LogP contribution in [0.3, 0.4) is 0 Å². The van der Waals surface area contributed by atoms with Crippen LogP contribution in [0.5, 0.6) is 0 Å². The minimum atomic E-state index is -3.86. The molecular formula is C18H15FN4O3S. The molecule has 0 atom stereocenters. The number of anilines is 2. The zero-order chi connectivity index (χ0) is 19.4. The maximum Gasteiger partial charge on any atom is 0.264 e. The zero-order valence-corrected chi connectivity index (χ0v) is 15.0. The average Bonchev–Trinajstić information content (AvgIpc) is 2.64. The van der Waals surface area contributed by atoms with Crippen molar-refractivity contribution in [3.8, 4) is 0 Å². The molecule has 3 aromatic rings. The highest BCUT2D eigenvalue weighted by Gasteiger charge is 2.16. The van der Waals surface area contributed by atoms with Crippen LogP contribution in [0, 0.1) is 12.7 Å². The SMILES string of the molecule is Cc1ccc(F)cc1C(=O)Nc1ccc(S(=O)(=O)Nc2ncccn2)cc1. The van der Waals surface area contributed by atoms with Crippen LogP contribution in [0.4, 0.5) is 16.0 Å². The van der Waals surface area contributed by atoms with E-state index < -0.39 is 21.7 Å². The van der Waals surface area contributed by atoms with Gasteiger partial charge in [0.25, 0.3) is 15.9 Å². The van der Waals surface area contributed by atoms with Crippen LogP contribution in [-0.4, -0.2) is 24.3 Å². The molecule has 0 saturated carbocycles. The second-order valence-electron chi connectivity index (χ2n) is 5.62. The van der Waals surface area contributed by atoms with Gasteiger partial charge in [-0.1, -0.05) is 6.07 Å². The number of amides is 1. The van der Waals surface area contributed by atoms with E-state index in [-0.39, 0.29) is 16.4 Å². The number of rotatable bonds is 5. The summed E-state index contributed by atoms with van der Waals surface area (Å²) in [6.45, 7) is 1.70. The monoisotopic (exact) mass is 386 g/mol. The molecule has 7 nitrogen and oxygen atoms in total. The van der Waals surface area contributed by atoms with E-state index in [1.165, 1.54) is 48.8 Å². The molecular weight excluding hydrogens is 371 g/mol. The Kier molecular flexibility index (Phi) is 5.13. The molecule has 0 fully saturated rings. The van der Waals surface area contributed by atoms with Gasteiger partial charge in [-0.2, -0.15) is 0 Å². The van der Waals surface area contributed by atoms with E-state index in [2.05, 4.69) is 20.0 Å². The van der Waals surface area contributed by atoms with Gasteiger partial charge in [0.1, 0.15) is 5.82 Å². The van der Waals surface area contributed by atoms with Gasteiger partial charge < -0.3 is 5.32 Å². The van der Waals surface area contributed by atoms with E-state index in [0.29, 0.717) is 11.3 Å². The Labute approximate surface area is 155 Å². The lowest BCUT2D eigenvalue weighted by Crippen LogP contribution is -2.16. The van der Waals surface area contributed by atoms with Crippen LogP contribution >= 0.6 is 0 Å². The lowest BCUT2D eigenvalue weighted by Gasteiger charge is -2.09.